The number of carbonyl (C=O) groups is 1. The molecule has 1 N–H and O–H groups in total. The first-order valence-corrected chi connectivity index (χ1v) is 8.38. The lowest BCUT2D eigenvalue weighted by atomic mass is 10.3. The van der Waals surface area contributed by atoms with Crippen molar-refractivity contribution in [3.05, 3.63) is 76.2 Å². The Morgan fingerprint density at radius 3 is 2.61 bits per heavy atom. The van der Waals surface area contributed by atoms with Crippen molar-refractivity contribution in [1.29, 1.82) is 0 Å². The van der Waals surface area contributed by atoms with E-state index in [-0.39, 0.29) is 11.4 Å². The lowest BCUT2D eigenvalue weighted by molar-refractivity contribution is -0.384. The maximum atomic E-state index is 13.3. The van der Waals surface area contributed by atoms with Gasteiger partial charge in [0.05, 0.1) is 16.3 Å². The Labute approximate surface area is 159 Å². The lowest BCUT2D eigenvalue weighted by Crippen LogP contribution is -2.31. The number of nitro groups is 1. The van der Waals surface area contributed by atoms with Crippen molar-refractivity contribution in [2.24, 2.45) is 0 Å². The molecule has 0 aliphatic rings. The molecule has 3 rings (SSSR count). The smallest absolute Gasteiger partial charge is 0.269 e. The minimum atomic E-state index is -0.887. The molecule has 144 valence electrons. The van der Waals surface area contributed by atoms with Gasteiger partial charge in [0, 0.05) is 24.3 Å². The molecule has 3 aromatic rings. The van der Waals surface area contributed by atoms with Crippen LogP contribution in [0, 0.1) is 22.9 Å². The van der Waals surface area contributed by atoms with Crippen molar-refractivity contribution < 1.29 is 18.8 Å². The number of amides is 1. The van der Waals surface area contributed by atoms with E-state index in [1.54, 1.807) is 26.0 Å². The molecule has 2 aromatic carbocycles. The molecule has 0 spiro atoms. The van der Waals surface area contributed by atoms with E-state index in [4.69, 9.17) is 4.74 Å². The standard InChI is InChI=1S/C19H17FN4O4/c1-12-10-18(23(22-12)15-6-8-16(9-7-15)24(26)27)21-19(25)13(2)28-17-5-3-4-14(20)11-17/h3-11,13H,1-2H3,(H,21,25). The predicted molar refractivity (Wildman–Crippen MR) is 100 cm³/mol. The molecular formula is C19H17FN4O4. The van der Waals surface area contributed by atoms with Gasteiger partial charge in [0.25, 0.3) is 11.6 Å². The molecule has 9 heteroatoms. The van der Waals surface area contributed by atoms with Crippen LogP contribution in [0.4, 0.5) is 15.9 Å². The van der Waals surface area contributed by atoms with Crippen LogP contribution in [0.5, 0.6) is 5.75 Å². The third kappa shape index (κ3) is 4.32. The first-order valence-electron chi connectivity index (χ1n) is 8.38. The number of nitrogens with zero attached hydrogens (tertiary/aromatic N) is 3. The number of aryl methyl sites for hydroxylation is 1. The van der Waals surface area contributed by atoms with Crippen molar-refractivity contribution in [3.8, 4) is 11.4 Å². The zero-order valence-electron chi connectivity index (χ0n) is 15.1. The number of halogens is 1. The molecule has 8 nitrogen and oxygen atoms in total. The number of hydrogen-bond acceptors (Lipinski definition) is 5. The maximum absolute atomic E-state index is 13.3. The summed E-state index contributed by atoms with van der Waals surface area (Å²) in [5.41, 5.74) is 1.15. The van der Waals surface area contributed by atoms with Crippen molar-refractivity contribution >= 4 is 17.4 Å². The maximum Gasteiger partial charge on any atom is 0.269 e. The van der Waals surface area contributed by atoms with E-state index >= 15 is 0 Å². The van der Waals surface area contributed by atoms with Gasteiger partial charge in [-0.2, -0.15) is 5.10 Å². The molecule has 0 aliphatic heterocycles. The number of rotatable bonds is 6. The van der Waals surface area contributed by atoms with E-state index in [1.807, 2.05) is 0 Å². The normalized spacial score (nSPS) is 11.7. The minimum absolute atomic E-state index is 0.0460. The van der Waals surface area contributed by atoms with Crippen molar-refractivity contribution in [2.75, 3.05) is 5.32 Å². The van der Waals surface area contributed by atoms with Gasteiger partial charge in [-0.05, 0) is 38.1 Å². The first kappa shape index (κ1) is 19.0. The summed E-state index contributed by atoms with van der Waals surface area (Å²) in [4.78, 5) is 22.8. The molecule has 1 aromatic heterocycles. The third-order valence-electron chi connectivity index (χ3n) is 3.87. The van der Waals surface area contributed by atoms with E-state index < -0.39 is 22.8 Å². The Kier molecular flexibility index (Phi) is 5.35. The summed E-state index contributed by atoms with van der Waals surface area (Å²) in [6, 6.07) is 13.0. The summed E-state index contributed by atoms with van der Waals surface area (Å²) >= 11 is 0. The van der Waals surface area contributed by atoms with E-state index in [9.17, 15) is 19.3 Å². The van der Waals surface area contributed by atoms with Crippen LogP contribution in [0.15, 0.2) is 54.6 Å². The summed E-state index contributed by atoms with van der Waals surface area (Å²) in [6.07, 6.45) is -0.887. The van der Waals surface area contributed by atoms with Crippen LogP contribution in [-0.4, -0.2) is 26.7 Å². The van der Waals surface area contributed by atoms with Gasteiger partial charge >= 0.3 is 0 Å². The summed E-state index contributed by atoms with van der Waals surface area (Å²) in [7, 11) is 0. The molecular weight excluding hydrogens is 367 g/mol. The second-order valence-electron chi connectivity index (χ2n) is 6.06. The average molecular weight is 384 g/mol. The second-order valence-corrected chi connectivity index (χ2v) is 6.06. The fourth-order valence-electron chi connectivity index (χ4n) is 2.53. The Morgan fingerprint density at radius 2 is 1.96 bits per heavy atom. The first-order chi connectivity index (χ1) is 13.3. The van der Waals surface area contributed by atoms with Crippen molar-refractivity contribution in [1.82, 2.24) is 9.78 Å². The zero-order valence-corrected chi connectivity index (χ0v) is 15.1. The van der Waals surface area contributed by atoms with E-state index in [1.165, 1.54) is 47.1 Å². The Morgan fingerprint density at radius 1 is 1.25 bits per heavy atom. The minimum Gasteiger partial charge on any atom is -0.481 e. The van der Waals surface area contributed by atoms with Gasteiger partial charge < -0.3 is 10.1 Å². The molecule has 0 saturated carbocycles. The Hall–Kier alpha value is -3.75. The highest BCUT2D eigenvalue weighted by molar-refractivity contribution is 5.93. The monoisotopic (exact) mass is 384 g/mol. The van der Waals surface area contributed by atoms with Gasteiger partial charge in [0.1, 0.15) is 17.4 Å². The largest absolute Gasteiger partial charge is 0.481 e. The number of carbonyl (C=O) groups excluding carboxylic acids is 1. The number of nitrogens with one attached hydrogen (secondary N) is 1. The Balaban J connectivity index is 1.77. The fraction of sp³-hybridized carbons (Fsp3) is 0.158. The third-order valence-corrected chi connectivity index (χ3v) is 3.87. The molecule has 1 heterocycles. The number of aromatic nitrogens is 2. The van der Waals surface area contributed by atoms with Crippen LogP contribution < -0.4 is 10.1 Å². The van der Waals surface area contributed by atoms with Gasteiger partial charge in [-0.15, -0.1) is 0 Å². The van der Waals surface area contributed by atoms with Crippen LogP contribution >= 0.6 is 0 Å². The van der Waals surface area contributed by atoms with Crippen molar-refractivity contribution in [2.45, 2.75) is 20.0 Å². The Bertz CT molecular complexity index is 1020. The lowest BCUT2D eigenvalue weighted by Gasteiger charge is -2.15. The van der Waals surface area contributed by atoms with Crippen LogP contribution in [0.25, 0.3) is 5.69 Å². The SMILES string of the molecule is Cc1cc(NC(=O)C(C)Oc2cccc(F)c2)n(-c2ccc([N+](=O)[O-])cc2)n1. The van der Waals surface area contributed by atoms with Gasteiger partial charge in [-0.25, -0.2) is 9.07 Å². The van der Waals surface area contributed by atoms with Crippen molar-refractivity contribution in [3.63, 3.8) is 0 Å². The number of non-ortho nitro benzene ring substituents is 1. The van der Waals surface area contributed by atoms with E-state index in [0.29, 0.717) is 17.2 Å². The molecule has 0 saturated heterocycles. The van der Waals surface area contributed by atoms with Crippen LogP contribution in [0.3, 0.4) is 0 Å². The van der Waals surface area contributed by atoms with Gasteiger partial charge in [0.2, 0.25) is 0 Å². The number of ether oxygens (including phenoxy) is 1. The highest BCUT2D eigenvalue weighted by Crippen LogP contribution is 2.21. The highest BCUT2D eigenvalue weighted by atomic mass is 19.1. The topological polar surface area (TPSA) is 99.3 Å². The summed E-state index contributed by atoms with van der Waals surface area (Å²) in [5, 5.41) is 17.8. The number of hydrogen-bond donors (Lipinski definition) is 1. The molecule has 0 bridgehead atoms. The van der Waals surface area contributed by atoms with Gasteiger partial charge in [0.15, 0.2) is 6.10 Å². The molecule has 0 fully saturated rings. The highest BCUT2D eigenvalue weighted by Gasteiger charge is 2.18. The average Bonchev–Trinajstić information content (AvgIpc) is 3.02. The number of anilines is 1. The van der Waals surface area contributed by atoms with E-state index in [0.717, 1.165) is 0 Å². The second kappa shape index (κ2) is 7.87. The summed E-state index contributed by atoms with van der Waals surface area (Å²) in [6.45, 7) is 3.30. The zero-order chi connectivity index (χ0) is 20.3. The number of benzene rings is 2. The van der Waals surface area contributed by atoms with Crippen LogP contribution in [0.1, 0.15) is 12.6 Å². The van der Waals surface area contributed by atoms with Crippen LogP contribution in [-0.2, 0) is 4.79 Å². The molecule has 1 atom stereocenters. The molecule has 1 unspecified atom stereocenters. The fourth-order valence-corrected chi connectivity index (χ4v) is 2.53. The quantitative estimate of drug-likeness (QED) is 0.517. The van der Waals surface area contributed by atoms with Crippen LogP contribution in [0.2, 0.25) is 0 Å². The summed E-state index contributed by atoms with van der Waals surface area (Å²) in [5.74, 6) is -0.293. The van der Waals surface area contributed by atoms with Gasteiger partial charge in [-0.1, -0.05) is 6.07 Å². The molecule has 28 heavy (non-hydrogen) atoms. The number of nitro benzene ring substituents is 1. The molecule has 0 aliphatic carbocycles. The van der Waals surface area contributed by atoms with E-state index in [2.05, 4.69) is 10.4 Å². The molecule has 0 radical (unpaired) electrons. The van der Waals surface area contributed by atoms with Gasteiger partial charge in [-0.3, -0.25) is 14.9 Å². The molecule has 1 amide bonds. The summed E-state index contributed by atoms with van der Waals surface area (Å²) < 4.78 is 20.2. The predicted octanol–water partition coefficient (Wildman–Crippen LogP) is 3.63.